The van der Waals surface area contributed by atoms with E-state index in [2.05, 4.69) is 0 Å². The molecule has 0 N–H and O–H groups in total. The summed E-state index contributed by atoms with van der Waals surface area (Å²) in [7, 11) is -4.07. The van der Waals surface area contributed by atoms with E-state index in [1.165, 1.54) is 4.31 Å². The van der Waals surface area contributed by atoms with Crippen LogP contribution in [0.2, 0.25) is 0 Å². The number of amides is 2. The summed E-state index contributed by atoms with van der Waals surface area (Å²) in [6.07, 6.45) is -0.198. The summed E-state index contributed by atoms with van der Waals surface area (Å²) in [4.78, 5) is 27.4. The largest absolute Gasteiger partial charge is 0.274 e. The molecule has 0 radical (unpaired) electrons. The summed E-state index contributed by atoms with van der Waals surface area (Å²) in [6.45, 7) is 7.12. The molecule has 1 aliphatic rings. The van der Waals surface area contributed by atoms with E-state index < -0.39 is 33.4 Å². The fourth-order valence-corrected chi connectivity index (χ4v) is 6.17. The van der Waals surface area contributed by atoms with Crippen molar-refractivity contribution in [3.8, 4) is 0 Å². The van der Waals surface area contributed by atoms with Gasteiger partial charge in [0.05, 0.1) is 17.0 Å². The van der Waals surface area contributed by atoms with Crippen LogP contribution in [-0.4, -0.2) is 36.1 Å². The molecular weight excluding hydrogens is 424 g/mol. The number of hydrogen-bond donors (Lipinski definition) is 0. The second-order valence-corrected chi connectivity index (χ2v) is 10.9. The highest BCUT2D eigenvalue weighted by Crippen LogP contribution is 2.35. The Balaban J connectivity index is 1.77. The first-order chi connectivity index (χ1) is 15.0. The zero-order valence-electron chi connectivity index (χ0n) is 18.6. The summed E-state index contributed by atoms with van der Waals surface area (Å²) in [6, 6.07) is 18.3. The van der Waals surface area contributed by atoms with Gasteiger partial charge in [-0.3, -0.25) is 9.59 Å². The number of imide groups is 1. The minimum absolute atomic E-state index is 0.0974. The van der Waals surface area contributed by atoms with Crippen molar-refractivity contribution < 1.29 is 18.0 Å². The summed E-state index contributed by atoms with van der Waals surface area (Å²) in [5, 5.41) is 1.71. The van der Waals surface area contributed by atoms with Crippen molar-refractivity contribution in [3.63, 3.8) is 0 Å². The molecule has 0 bridgehead atoms. The lowest BCUT2D eigenvalue weighted by Gasteiger charge is -2.37. The normalized spacial score (nSPS) is 17.5. The topological polar surface area (TPSA) is 74.8 Å². The van der Waals surface area contributed by atoms with Gasteiger partial charge in [-0.25, -0.2) is 13.3 Å². The van der Waals surface area contributed by atoms with Gasteiger partial charge >= 0.3 is 0 Å². The lowest BCUT2D eigenvalue weighted by molar-refractivity contribution is -0.122. The molecule has 7 heteroatoms. The number of nitrogens with zero attached hydrogens (tertiary/aromatic N) is 2. The zero-order chi connectivity index (χ0) is 23.3. The van der Waals surface area contributed by atoms with Gasteiger partial charge in [0.2, 0.25) is 15.9 Å². The van der Waals surface area contributed by atoms with Gasteiger partial charge in [-0.2, -0.15) is 4.31 Å². The van der Waals surface area contributed by atoms with E-state index in [0.717, 1.165) is 21.2 Å². The van der Waals surface area contributed by atoms with E-state index in [1.807, 2.05) is 43.3 Å². The minimum Gasteiger partial charge on any atom is -0.274 e. The molecule has 1 heterocycles. The summed E-state index contributed by atoms with van der Waals surface area (Å²) in [5.74, 6) is -0.940. The van der Waals surface area contributed by atoms with Gasteiger partial charge in [0, 0.05) is 5.54 Å². The Morgan fingerprint density at radius 1 is 0.906 bits per heavy atom. The van der Waals surface area contributed by atoms with Gasteiger partial charge in [-0.05, 0) is 62.7 Å². The van der Waals surface area contributed by atoms with Crippen LogP contribution in [0.5, 0.6) is 0 Å². The molecule has 1 fully saturated rings. The van der Waals surface area contributed by atoms with Crippen LogP contribution in [0.3, 0.4) is 0 Å². The van der Waals surface area contributed by atoms with Crippen LogP contribution in [0.4, 0.5) is 5.69 Å². The molecule has 3 aromatic rings. The maximum atomic E-state index is 13.8. The predicted octanol–water partition coefficient (Wildman–Crippen LogP) is 4.27. The smallest absolute Gasteiger partial charge is 0.252 e. The molecule has 1 aliphatic heterocycles. The van der Waals surface area contributed by atoms with Crippen molar-refractivity contribution in [3.05, 3.63) is 72.3 Å². The van der Waals surface area contributed by atoms with Crippen LogP contribution >= 0.6 is 0 Å². The van der Waals surface area contributed by atoms with Crippen LogP contribution < -0.4 is 4.90 Å². The van der Waals surface area contributed by atoms with Crippen LogP contribution in [-0.2, 0) is 19.6 Å². The van der Waals surface area contributed by atoms with Crippen LogP contribution in [0.1, 0.15) is 32.8 Å². The number of hydrogen-bond acceptors (Lipinski definition) is 4. The lowest BCUT2D eigenvalue weighted by atomic mass is 10.1. The van der Waals surface area contributed by atoms with Gasteiger partial charge in [-0.1, -0.05) is 48.0 Å². The number of fused-ring (bicyclic) bond motifs is 1. The Hall–Kier alpha value is -3.03. The van der Waals surface area contributed by atoms with Crippen molar-refractivity contribution >= 4 is 38.3 Å². The number of carbonyl (C=O) groups excluding carboxylic acids is 2. The third-order valence-corrected chi connectivity index (χ3v) is 7.81. The first-order valence-corrected chi connectivity index (χ1v) is 11.9. The van der Waals surface area contributed by atoms with Gasteiger partial charge < -0.3 is 0 Å². The molecule has 0 aliphatic carbocycles. The quantitative estimate of drug-likeness (QED) is 0.557. The van der Waals surface area contributed by atoms with Crippen molar-refractivity contribution in [2.24, 2.45) is 0 Å². The highest BCUT2D eigenvalue weighted by molar-refractivity contribution is 7.89. The van der Waals surface area contributed by atoms with Crippen LogP contribution in [0.25, 0.3) is 10.8 Å². The fourth-order valence-electron chi connectivity index (χ4n) is 4.20. The average Bonchev–Trinajstić information content (AvgIpc) is 3.00. The molecule has 0 aromatic heterocycles. The highest BCUT2D eigenvalue weighted by Gasteiger charge is 2.50. The van der Waals surface area contributed by atoms with Crippen molar-refractivity contribution in [1.29, 1.82) is 0 Å². The molecule has 0 spiro atoms. The van der Waals surface area contributed by atoms with Crippen molar-refractivity contribution in [2.45, 2.75) is 50.6 Å². The molecule has 6 nitrogen and oxygen atoms in total. The summed E-state index contributed by atoms with van der Waals surface area (Å²) in [5.41, 5.74) is 0.527. The molecule has 1 unspecified atom stereocenters. The molecule has 32 heavy (non-hydrogen) atoms. The Labute approximate surface area is 188 Å². The van der Waals surface area contributed by atoms with Crippen molar-refractivity contribution in [2.75, 3.05) is 4.90 Å². The Morgan fingerprint density at radius 3 is 2.16 bits per heavy atom. The molecule has 1 saturated heterocycles. The molecule has 4 rings (SSSR count). The van der Waals surface area contributed by atoms with Gasteiger partial charge in [-0.15, -0.1) is 0 Å². The Kier molecular flexibility index (Phi) is 5.43. The second-order valence-electron chi connectivity index (χ2n) is 9.10. The lowest BCUT2D eigenvalue weighted by Crippen LogP contribution is -2.54. The number of carbonyl (C=O) groups is 2. The first kappa shape index (κ1) is 22.2. The molecule has 166 valence electrons. The molecule has 2 amide bonds. The van der Waals surface area contributed by atoms with Gasteiger partial charge in [0.15, 0.2) is 0 Å². The second kappa shape index (κ2) is 7.83. The van der Waals surface area contributed by atoms with Crippen LogP contribution in [0.15, 0.2) is 71.6 Å². The van der Waals surface area contributed by atoms with Crippen LogP contribution in [0, 0.1) is 6.92 Å². The number of anilines is 1. The number of rotatable bonds is 4. The van der Waals surface area contributed by atoms with E-state index in [0.29, 0.717) is 5.69 Å². The monoisotopic (exact) mass is 450 g/mol. The number of aryl methyl sites for hydroxylation is 1. The SMILES string of the molecule is Cc1ccc(N2C(=O)CC(N(C(C)(C)C)S(=O)(=O)c3ccc4ccccc4c3)C2=O)cc1. The Bertz CT molecular complexity index is 1310. The maximum Gasteiger partial charge on any atom is 0.252 e. The summed E-state index contributed by atoms with van der Waals surface area (Å²) >= 11 is 0. The third kappa shape index (κ3) is 3.82. The fraction of sp³-hybridized carbons (Fsp3) is 0.280. The van der Waals surface area contributed by atoms with E-state index in [1.54, 1.807) is 51.1 Å². The minimum atomic E-state index is -4.07. The van der Waals surface area contributed by atoms with E-state index >= 15 is 0 Å². The molecule has 3 aromatic carbocycles. The third-order valence-electron chi connectivity index (χ3n) is 5.64. The standard InChI is InChI=1S/C25H26N2O4S/c1-17-9-12-20(13-10-17)26-23(28)16-22(24(26)29)27(25(2,3)4)32(30,31)21-14-11-18-7-5-6-8-19(18)15-21/h5-15,22H,16H2,1-4H3. The Morgan fingerprint density at radius 2 is 1.53 bits per heavy atom. The van der Waals surface area contributed by atoms with E-state index in [4.69, 9.17) is 0 Å². The molecule has 0 saturated carbocycles. The summed E-state index contributed by atoms with van der Waals surface area (Å²) < 4.78 is 28.8. The number of benzene rings is 3. The average molecular weight is 451 g/mol. The van der Waals surface area contributed by atoms with Gasteiger partial charge in [0.1, 0.15) is 6.04 Å². The molecular formula is C25H26N2O4S. The van der Waals surface area contributed by atoms with E-state index in [-0.39, 0.29) is 11.3 Å². The molecule has 1 atom stereocenters. The van der Waals surface area contributed by atoms with Gasteiger partial charge in [0.25, 0.3) is 5.91 Å². The van der Waals surface area contributed by atoms with Crippen molar-refractivity contribution in [1.82, 2.24) is 4.31 Å². The predicted molar refractivity (Wildman–Crippen MR) is 125 cm³/mol. The number of sulfonamides is 1. The highest BCUT2D eigenvalue weighted by atomic mass is 32.2. The van der Waals surface area contributed by atoms with E-state index in [9.17, 15) is 18.0 Å². The first-order valence-electron chi connectivity index (χ1n) is 10.5. The maximum absolute atomic E-state index is 13.8. The zero-order valence-corrected chi connectivity index (χ0v) is 19.4.